The molecule has 2 aromatic heterocycles. The molecular formula is C20H24ClN5O5S. The minimum absolute atomic E-state index is 0.0579. The fourth-order valence-corrected chi connectivity index (χ4v) is 3.70. The lowest BCUT2D eigenvalue weighted by Crippen LogP contribution is -2.26. The van der Waals surface area contributed by atoms with Gasteiger partial charge in [0.05, 0.1) is 22.7 Å². The van der Waals surface area contributed by atoms with E-state index < -0.39 is 15.7 Å². The zero-order valence-corrected chi connectivity index (χ0v) is 19.5. The summed E-state index contributed by atoms with van der Waals surface area (Å²) in [5.41, 5.74) is 1.95. The number of carbonyl (C=O) groups excluding carboxylic acids is 1. The minimum atomic E-state index is -3.02. The third kappa shape index (κ3) is 6.31. The molecule has 0 aliphatic carbocycles. The lowest BCUT2D eigenvalue weighted by molar-refractivity contribution is 0.101. The van der Waals surface area contributed by atoms with Gasteiger partial charge in [0.1, 0.15) is 28.0 Å². The highest BCUT2D eigenvalue weighted by Gasteiger charge is 2.17. The van der Waals surface area contributed by atoms with Gasteiger partial charge in [-0.2, -0.15) is 5.10 Å². The van der Waals surface area contributed by atoms with Gasteiger partial charge in [-0.15, -0.1) is 0 Å². The Kier molecular flexibility index (Phi) is 7.54. The quantitative estimate of drug-likeness (QED) is 0.422. The number of hydrogen-bond acceptors (Lipinski definition) is 8. The monoisotopic (exact) mass is 481 g/mol. The van der Waals surface area contributed by atoms with Crippen LogP contribution in [0.3, 0.4) is 0 Å². The molecule has 2 heterocycles. The topological polar surface area (TPSA) is 128 Å². The Bertz CT molecular complexity index is 1190. The predicted octanol–water partition coefficient (Wildman–Crippen LogP) is 2.30. The molecule has 0 radical (unpaired) electrons. The van der Waals surface area contributed by atoms with E-state index in [0.29, 0.717) is 53.2 Å². The second-order valence-corrected chi connectivity index (χ2v) is 9.85. The van der Waals surface area contributed by atoms with Crippen LogP contribution in [0, 0.1) is 6.92 Å². The van der Waals surface area contributed by atoms with Crippen LogP contribution >= 0.6 is 11.6 Å². The number of nitrogens with zero attached hydrogens (tertiary/aromatic N) is 3. The van der Waals surface area contributed by atoms with E-state index in [1.165, 1.54) is 12.5 Å². The van der Waals surface area contributed by atoms with Gasteiger partial charge in [0.2, 0.25) is 0 Å². The molecule has 0 spiro atoms. The molecule has 0 fully saturated rings. The van der Waals surface area contributed by atoms with Crippen molar-refractivity contribution in [2.45, 2.75) is 6.92 Å². The van der Waals surface area contributed by atoms with Crippen molar-refractivity contribution in [3.05, 3.63) is 46.9 Å². The average Bonchev–Trinajstić information content (AvgIpc) is 3.30. The summed E-state index contributed by atoms with van der Waals surface area (Å²) >= 11 is 6.34. The molecule has 0 saturated carbocycles. The number of sulfone groups is 1. The Morgan fingerprint density at radius 3 is 2.69 bits per heavy atom. The van der Waals surface area contributed by atoms with Gasteiger partial charge in [-0.3, -0.25) is 9.48 Å². The van der Waals surface area contributed by atoms with E-state index in [9.17, 15) is 13.2 Å². The van der Waals surface area contributed by atoms with Crippen molar-refractivity contribution >= 4 is 33.0 Å². The molecule has 0 unspecified atom stereocenters. The van der Waals surface area contributed by atoms with Crippen molar-refractivity contribution in [2.75, 3.05) is 37.0 Å². The molecule has 3 aromatic rings. The molecule has 172 valence electrons. The summed E-state index contributed by atoms with van der Waals surface area (Å²) in [6.07, 6.45) is 2.72. The second kappa shape index (κ2) is 10.2. The summed E-state index contributed by atoms with van der Waals surface area (Å²) < 4.78 is 34.8. The average molecular weight is 482 g/mol. The van der Waals surface area contributed by atoms with Crippen LogP contribution in [-0.4, -0.2) is 61.0 Å². The molecule has 0 bridgehead atoms. The second-order valence-electron chi connectivity index (χ2n) is 7.18. The zero-order valence-electron chi connectivity index (χ0n) is 17.9. The highest BCUT2D eigenvalue weighted by atomic mass is 35.5. The molecule has 1 aromatic carbocycles. The van der Waals surface area contributed by atoms with Crippen molar-refractivity contribution < 1.29 is 22.5 Å². The lowest BCUT2D eigenvalue weighted by Gasteiger charge is -2.15. The van der Waals surface area contributed by atoms with Gasteiger partial charge in [-0.05, 0) is 25.1 Å². The number of halogens is 1. The third-order valence-electron chi connectivity index (χ3n) is 4.43. The van der Waals surface area contributed by atoms with Crippen molar-refractivity contribution in [1.82, 2.24) is 20.3 Å². The largest absolute Gasteiger partial charge is 0.492 e. The van der Waals surface area contributed by atoms with Crippen LogP contribution in [0.15, 0.2) is 35.0 Å². The number of anilines is 1. The van der Waals surface area contributed by atoms with Crippen LogP contribution in [0.2, 0.25) is 5.02 Å². The number of nitrogens with one attached hydrogen (secondary N) is 2. The van der Waals surface area contributed by atoms with E-state index in [1.807, 2.05) is 0 Å². The van der Waals surface area contributed by atoms with Crippen LogP contribution in [0.4, 0.5) is 5.69 Å². The number of ether oxygens (including phenoxy) is 1. The van der Waals surface area contributed by atoms with Gasteiger partial charge in [-0.25, -0.2) is 8.42 Å². The van der Waals surface area contributed by atoms with E-state index in [2.05, 4.69) is 20.9 Å². The normalized spacial score (nSPS) is 11.5. The molecule has 32 heavy (non-hydrogen) atoms. The molecule has 0 saturated heterocycles. The maximum Gasteiger partial charge on any atom is 0.277 e. The summed E-state index contributed by atoms with van der Waals surface area (Å²) in [6.45, 7) is 2.80. The van der Waals surface area contributed by atoms with Gasteiger partial charge < -0.3 is 19.9 Å². The molecular weight excluding hydrogens is 458 g/mol. The van der Waals surface area contributed by atoms with Crippen molar-refractivity contribution in [3.8, 4) is 17.0 Å². The van der Waals surface area contributed by atoms with E-state index in [0.717, 1.165) is 0 Å². The minimum Gasteiger partial charge on any atom is -0.492 e. The number of benzene rings is 1. The van der Waals surface area contributed by atoms with Gasteiger partial charge in [0, 0.05) is 43.7 Å². The smallest absolute Gasteiger partial charge is 0.277 e. The Morgan fingerprint density at radius 2 is 2.06 bits per heavy atom. The maximum atomic E-state index is 12.4. The number of hydrogen-bond donors (Lipinski definition) is 2. The first kappa shape index (κ1) is 23.8. The van der Waals surface area contributed by atoms with E-state index >= 15 is 0 Å². The van der Waals surface area contributed by atoms with E-state index in [-0.39, 0.29) is 11.4 Å². The molecule has 2 N–H and O–H groups in total. The highest BCUT2D eigenvalue weighted by Crippen LogP contribution is 2.36. The molecule has 0 aliphatic rings. The fourth-order valence-electron chi connectivity index (χ4n) is 2.92. The third-order valence-corrected chi connectivity index (χ3v) is 5.66. The van der Waals surface area contributed by atoms with Crippen molar-refractivity contribution in [1.29, 1.82) is 0 Å². The number of amides is 1. The van der Waals surface area contributed by atoms with Crippen LogP contribution in [0.5, 0.6) is 5.75 Å². The molecule has 0 aliphatic heterocycles. The molecule has 10 nitrogen and oxygen atoms in total. The zero-order chi connectivity index (χ0) is 23.3. The highest BCUT2D eigenvalue weighted by molar-refractivity contribution is 7.90. The number of rotatable bonds is 10. The first-order valence-electron chi connectivity index (χ1n) is 9.72. The van der Waals surface area contributed by atoms with Gasteiger partial charge in [-0.1, -0.05) is 16.8 Å². The summed E-state index contributed by atoms with van der Waals surface area (Å²) in [5.74, 6) is 0.720. The molecule has 12 heteroatoms. The molecule has 1 amide bonds. The Morgan fingerprint density at radius 1 is 1.28 bits per heavy atom. The predicted molar refractivity (Wildman–Crippen MR) is 121 cm³/mol. The summed E-state index contributed by atoms with van der Waals surface area (Å²) in [4.78, 5) is 12.4. The standard InChI is InChI=1S/C20H24ClN5O5S/c1-13-10-17(25-31-13)20(27)24-14-4-5-18(30-8-6-22-7-9-32(3,28)29)15(11-14)19-16(21)12-23-26(19)2/h4-5,10-12,22H,6-9H2,1-3H3,(H,24,27). The Labute approximate surface area is 190 Å². The van der Waals surface area contributed by atoms with Crippen LogP contribution in [-0.2, 0) is 16.9 Å². The lowest BCUT2D eigenvalue weighted by atomic mass is 10.1. The van der Waals surface area contributed by atoms with Gasteiger partial charge in [0.25, 0.3) is 5.91 Å². The van der Waals surface area contributed by atoms with Gasteiger partial charge in [0.15, 0.2) is 5.69 Å². The Hall–Kier alpha value is -2.89. The molecule has 3 rings (SSSR count). The maximum absolute atomic E-state index is 12.4. The summed E-state index contributed by atoms with van der Waals surface area (Å²) in [5, 5.41) is 14.1. The summed E-state index contributed by atoms with van der Waals surface area (Å²) in [6, 6.07) is 6.70. The van der Waals surface area contributed by atoms with Crippen LogP contribution in [0.1, 0.15) is 16.2 Å². The van der Waals surface area contributed by atoms with E-state index in [1.54, 1.807) is 42.9 Å². The van der Waals surface area contributed by atoms with Crippen molar-refractivity contribution in [2.24, 2.45) is 7.05 Å². The van der Waals surface area contributed by atoms with Gasteiger partial charge >= 0.3 is 0 Å². The van der Waals surface area contributed by atoms with Crippen molar-refractivity contribution in [3.63, 3.8) is 0 Å². The molecule has 0 atom stereocenters. The number of aryl methyl sites for hydroxylation is 2. The summed E-state index contributed by atoms with van der Waals surface area (Å²) in [7, 11) is -1.26. The van der Waals surface area contributed by atoms with Crippen LogP contribution in [0.25, 0.3) is 11.3 Å². The number of aromatic nitrogens is 3. The fraction of sp³-hybridized carbons (Fsp3) is 0.350. The van der Waals surface area contributed by atoms with E-state index in [4.69, 9.17) is 20.9 Å². The Balaban J connectivity index is 1.75. The number of carbonyl (C=O) groups is 1. The SMILES string of the molecule is Cc1cc(C(=O)Nc2ccc(OCCNCCS(C)(=O)=O)c(-c3c(Cl)cnn3C)c2)no1. The first-order valence-corrected chi connectivity index (χ1v) is 12.2. The van der Waals surface area contributed by atoms with Crippen LogP contribution < -0.4 is 15.4 Å². The first-order chi connectivity index (χ1) is 15.1.